The van der Waals surface area contributed by atoms with E-state index in [4.69, 9.17) is 0 Å². The lowest BCUT2D eigenvalue weighted by Crippen LogP contribution is -2.27. The summed E-state index contributed by atoms with van der Waals surface area (Å²) in [6, 6.07) is 29.6. The van der Waals surface area contributed by atoms with Crippen LogP contribution in [0.5, 0.6) is 0 Å². The van der Waals surface area contributed by atoms with Gasteiger partial charge in [-0.05, 0) is 61.4 Å². The Balaban J connectivity index is 1.29. The Morgan fingerprint density at radius 1 is 0.647 bits per heavy atom. The van der Waals surface area contributed by atoms with Crippen molar-refractivity contribution >= 4 is 37.3 Å². The fourth-order valence-corrected chi connectivity index (χ4v) is 8.00. The van der Waals surface area contributed by atoms with Crippen LogP contribution in [0.2, 0.25) is 0 Å². The Kier molecular flexibility index (Phi) is 9.65. The van der Waals surface area contributed by atoms with Gasteiger partial charge in [0.2, 0.25) is 5.69 Å². The lowest BCUT2D eigenvalue weighted by atomic mass is 9.81. The highest BCUT2D eigenvalue weighted by Crippen LogP contribution is 2.49. The Hall–Kier alpha value is -4.87. The van der Waals surface area contributed by atoms with Crippen molar-refractivity contribution in [2.75, 3.05) is 4.90 Å². The van der Waals surface area contributed by atoms with Crippen LogP contribution < -0.4 is 4.90 Å². The summed E-state index contributed by atoms with van der Waals surface area (Å²) in [7, 11) is -8.72. The van der Waals surface area contributed by atoms with E-state index in [9.17, 15) is 25.9 Å². The summed E-state index contributed by atoms with van der Waals surface area (Å²) < 4.78 is 69.6. The second-order valence-corrected chi connectivity index (χ2v) is 16.6. The van der Waals surface area contributed by atoms with E-state index in [1.807, 2.05) is 107 Å². The van der Waals surface area contributed by atoms with Crippen LogP contribution in [0.15, 0.2) is 155 Å². The van der Waals surface area contributed by atoms with Crippen molar-refractivity contribution in [1.82, 2.24) is 0 Å². The average molecular weight is 722 g/mol. The second kappa shape index (κ2) is 13.7. The summed E-state index contributed by atoms with van der Waals surface area (Å²) in [5, 5.41) is 0. The van der Waals surface area contributed by atoms with Crippen LogP contribution in [0, 0.1) is 0 Å². The number of hydrogen-bond donors (Lipinski definition) is 2. The van der Waals surface area contributed by atoms with Crippen LogP contribution in [-0.2, 0) is 44.2 Å². The van der Waals surface area contributed by atoms with Gasteiger partial charge in [-0.3, -0.25) is 9.11 Å². The maximum Gasteiger partial charge on any atom is 0.294 e. The monoisotopic (exact) mass is 721 g/mol. The molecule has 0 unspecified atom stereocenters. The summed E-state index contributed by atoms with van der Waals surface area (Å²) in [6.07, 6.45) is 13.8. The van der Waals surface area contributed by atoms with Crippen LogP contribution >= 0.6 is 0 Å². The molecule has 262 valence electrons. The van der Waals surface area contributed by atoms with E-state index < -0.39 is 31.1 Å². The number of nitrogens with zero attached hydrogens (tertiary/aromatic N) is 2. The van der Waals surface area contributed by atoms with E-state index in [-0.39, 0.29) is 9.79 Å². The molecule has 10 heteroatoms. The van der Waals surface area contributed by atoms with Crippen molar-refractivity contribution in [3.63, 3.8) is 0 Å². The highest BCUT2D eigenvalue weighted by atomic mass is 32.2. The Morgan fingerprint density at radius 2 is 1.20 bits per heavy atom. The summed E-state index contributed by atoms with van der Waals surface area (Å²) in [5.41, 5.74) is 6.47. The molecule has 0 fully saturated rings. The maximum absolute atomic E-state index is 12.0. The Labute approximate surface area is 300 Å². The molecule has 6 rings (SSSR count). The van der Waals surface area contributed by atoms with E-state index in [0.717, 1.165) is 45.0 Å². The summed E-state index contributed by atoms with van der Waals surface area (Å²) in [4.78, 5) is 1.92. The minimum atomic E-state index is -4.36. The van der Waals surface area contributed by atoms with E-state index in [1.165, 1.54) is 12.1 Å². The van der Waals surface area contributed by atoms with Gasteiger partial charge in [-0.15, -0.1) is 0 Å². The molecule has 0 aliphatic carbocycles. The van der Waals surface area contributed by atoms with Gasteiger partial charge in [0.15, 0.2) is 12.3 Å². The van der Waals surface area contributed by atoms with Crippen LogP contribution in [-0.4, -0.2) is 36.2 Å². The zero-order valence-electron chi connectivity index (χ0n) is 28.9. The molecule has 2 aliphatic heterocycles. The highest BCUT2D eigenvalue weighted by Gasteiger charge is 2.45. The summed E-state index contributed by atoms with van der Waals surface area (Å²) in [5.74, 6) is 0. The highest BCUT2D eigenvalue weighted by molar-refractivity contribution is 7.86. The van der Waals surface area contributed by atoms with Crippen molar-refractivity contribution in [1.29, 1.82) is 0 Å². The van der Waals surface area contributed by atoms with E-state index in [2.05, 4.69) is 33.7 Å². The first-order valence-electron chi connectivity index (χ1n) is 16.5. The largest absolute Gasteiger partial charge is 0.340 e. The first-order chi connectivity index (χ1) is 24.1. The molecule has 2 aliphatic rings. The Bertz CT molecular complexity index is 2350. The summed E-state index contributed by atoms with van der Waals surface area (Å²) >= 11 is 0. The molecule has 0 radical (unpaired) electrons. The molecule has 0 amide bonds. The van der Waals surface area contributed by atoms with Crippen molar-refractivity contribution < 1.29 is 30.5 Å². The lowest BCUT2D eigenvalue weighted by molar-refractivity contribution is -0.455. The van der Waals surface area contributed by atoms with Gasteiger partial charge in [-0.25, -0.2) is 0 Å². The fourth-order valence-electron chi connectivity index (χ4n) is 6.99. The minimum Gasteiger partial charge on any atom is -0.340 e. The molecule has 0 bridgehead atoms. The summed E-state index contributed by atoms with van der Waals surface area (Å²) in [6.45, 7) is 9.34. The van der Waals surface area contributed by atoms with Gasteiger partial charge in [0.05, 0.1) is 15.2 Å². The predicted octanol–water partition coefficient (Wildman–Crippen LogP) is 8.31. The van der Waals surface area contributed by atoms with E-state index >= 15 is 0 Å². The van der Waals surface area contributed by atoms with E-state index in [0.29, 0.717) is 13.1 Å². The molecule has 0 aromatic heterocycles. The maximum atomic E-state index is 12.0. The van der Waals surface area contributed by atoms with Gasteiger partial charge < -0.3 is 4.90 Å². The molecular weight excluding hydrogens is 681 g/mol. The van der Waals surface area contributed by atoms with Gasteiger partial charge in [-0.1, -0.05) is 105 Å². The lowest BCUT2D eigenvalue weighted by Gasteiger charge is -2.27. The van der Waals surface area contributed by atoms with Gasteiger partial charge in [0.25, 0.3) is 20.2 Å². The number of fused-ring (bicyclic) bond motifs is 2. The number of benzene rings is 4. The third-order valence-electron chi connectivity index (χ3n) is 9.64. The number of allylic oxidation sites excluding steroid dienone is 8. The van der Waals surface area contributed by atoms with Crippen molar-refractivity contribution in [2.45, 2.75) is 61.4 Å². The van der Waals surface area contributed by atoms with E-state index in [1.54, 1.807) is 24.3 Å². The van der Waals surface area contributed by atoms with Crippen LogP contribution in [0.3, 0.4) is 0 Å². The molecule has 8 nitrogen and oxygen atoms in total. The molecule has 4 aromatic rings. The standard InChI is InChI=1S/C41H40N2O6S2/c1-40(2)34-26-32(50(44,45)46)22-24-36(34)42(28-30-16-10-8-11-17-30)38(40)20-14-6-5-7-15-21-39-41(3,4)35-27-33(51(47,48)49)23-25-37(35)43(39)29-31-18-12-9-13-19-31/h5-27H,28-29H2,1-4H3,(H-,44,45,46,47,48,49)/p+1. The molecule has 0 saturated carbocycles. The smallest absolute Gasteiger partial charge is 0.294 e. The first-order valence-corrected chi connectivity index (χ1v) is 19.4. The van der Waals surface area contributed by atoms with Gasteiger partial charge in [0.1, 0.15) is 0 Å². The third kappa shape index (κ3) is 7.31. The number of rotatable bonds is 10. The molecule has 2 heterocycles. The second-order valence-electron chi connectivity index (χ2n) is 13.8. The molecule has 0 saturated heterocycles. The fraction of sp³-hybridized carbons (Fsp3) is 0.195. The minimum absolute atomic E-state index is 0.131. The first kappa shape index (κ1) is 35.9. The van der Waals surface area contributed by atoms with Crippen LogP contribution in [0.1, 0.15) is 49.9 Å². The van der Waals surface area contributed by atoms with Gasteiger partial charge in [0, 0.05) is 46.6 Å². The number of hydrogen-bond acceptors (Lipinski definition) is 5. The molecule has 0 spiro atoms. The van der Waals surface area contributed by atoms with Gasteiger partial charge >= 0.3 is 0 Å². The zero-order chi connectivity index (χ0) is 36.6. The van der Waals surface area contributed by atoms with Crippen LogP contribution in [0.4, 0.5) is 11.4 Å². The van der Waals surface area contributed by atoms with Crippen LogP contribution in [0.25, 0.3) is 0 Å². The van der Waals surface area contributed by atoms with Gasteiger partial charge in [-0.2, -0.15) is 21.4 Å². The number of anilines is 1. The van der Waals surface area contributed by atoms with Crippen molar-refractivity contribution in [3.8, 4) is 0 Å². The molecule has 51 heavy (non-hydrogen) atoms. The quantitative estimate of drug-likeness (QED) is 0.0962. The third-order valence-corrected chi connectivity index (χ3v) is 11.3. The zero-order valence-corrected chi connectivity index (χ0v) is 30.6. The topological polar surface area (TPSA) is 115 Å². The SMILES string of the molecule is CC1(C)C(=CC=CC=CC=CC2=[N+](Cc3ccccc3)c3ccc(S(=O)(=O)O)cc3C2(C)C)N(Cc2ccccc2)c2ccc(S(=O)(=O)O)cc21. The molecular formula is C41H41N2O6S2+. The normalized spacial score (nSPS) is 17.7. The van der Waals surface area contributed by atoms with Crippen molar-refractivity contribution in [3.05, 3.63) is 168 Å². The molecule has 2 N–H and O–H groups in total. The molecule has 0 atom stereocenters. The Morgan fingerprint density at radius 3 is 1.82 bits per heavy atom. The van der Waals surface area contributed by atoms with Crippen molar-refractivity contribution in [2.24, 2.45) is 0 Å². The molecule has 4 aromatic carbocycles. The average Bonchev–Trinajstić information content (AvgIpc) is 3.42. The predicted molar refractivity (Wildman–Crippen MR) is 202 cm³/mol.